The van der Waals surface area contributed by atoms with E-state index >= 15 is 0 Å². The molecular weight excluding hydrogens is 350 g/mol. The minimum Gasteiger partial charge on any atom is -0.339 e. The number of nitrogens with one attached hydrogen (secondary N) is 1. The number of likely N-dealkylation sites (N-methyl/N-ethyl adjacent to an activating group) is 1. The van der Waals surface area contributed by atoms with Crippen molar-refractivity contribution in [2.24, 2.45) is 0 Å². The van der Waals surface area contributed by atoms with Crippen molar-refractivity contribution in [3.63, 3.8) is 0 Å². The lowest BCUT2D eigenvalue weighted by molar-refractivity contribution is 0.0705. The van der Waals surface area contributed by atoms with Crippen molar-refractivity contribution in [3.05, 3.63) is 59.8 Å². The first-order valence-electron chi connectivity index (χ1n) is 8.19. The van der Waals surface area contributed by atoms with Gasteiger partial charge in [-0.3, -0.25) is 14.8 Å². The van der Waals surface area contributed by atoms with Crippen molar-refractivity contribution in [1.82, 2.24) is 14.9 Å². The average Bonchev–Trinajstić information content (AvgIpc) is 2.99. The molecule has 26 heavy (non-hydrogen) atoms. The minimum absolute atomic E-state index is 0.0197. The van der Waals surface area contributed by atoms with E-state index in [9.17, 15) is 9.59 Å². The lowest BCUT2D eigenvalue weighted by Crippen LogP contribution is -2.37. The Labute approximate surface area is 154 Å². The van der Waals surface area contributed by atoms with Gasteiger partial charge in [0.2, 0.25) is 0 Å². The summed E-state index contributed by atoms with van der Waals surface area (Å²) in [4.78, 5) is 27.8. The number of hydroxylamine groups is 1. The molecule has 0 radical (unpaired) electrons. The molecule has 6 nitrogen and oxygen atoms in total. The number of carbonyl (C=O) groups is 2. The predicted molar refractivity (Wildman–Crippen MR) is 98.7 cm³/mol. The number of amides is 2. The highest BCUT2D eigenvalue weighted by atomic mass is 32.2. The highest BCUT2D eigenvalue weighted by Crippen LogP contribution is 2.40. The fraction of sp³-hybridized carbons (Fsp3) is 0.158. The second-order valence-corrected chi connectivity index (χ2v) is 7.22. The number of carbonyl (C=O) groups excluding carboxylic acids is 2. The molecule has 0 unspecified atom stereocenters. The van der Waals surface area contributed by atoms with Gasteiger partial charge in [-0.1, -0.05) is 30.0 Å². The Hall–Kier alpha value is -2.77. The number of benzene rings is 2. The van der Waals surface area contributed by atoms with Gasteiger partial charge in [0.15, 0.2) is 0 Å². The van der Waals surface area contributed by atoms with Crippen LogP contribution in [0.15, 0.2) is 58.3 Å². The van der Waals surface area contributed by atoms with Crippen LogP contribution in [0.25, 0.3) is 10.9 Å². The summed E-state index contributed by atoms with van der Waals surface area (Å²) in [5, 5.41) is 9.77. The third-order valence-electron chi connectivity index (χ3n) is 4.57. The summed E-state index contributed by atoms with van der Waals surface area (Å²) < 4.78 is 2.09. The van der Waals surface area contributed by atoms with Gasteiger partial charge in [0, 0.05) is 41.5 Å². The van der Waals surface area contributed by atoms with E-state index in [-0.39, 0.29) is 5.91 Å². The quantitative estimate of drug-likeness (QED) is 0.551. The van der Waals surface area contributed by atoms with Crippen LogP contribution in [0, 0.1) is 0 Å². The molecule has 0 atom stereocenters. The number of nitrogens with zero attached hydrogens (tertiary/aromatic N) is 2. The van der Waals surface area contributed by atoms with Crippen molar-refractivity contribution >= 4 is 34.5 Å². The van der Waals surface area contributed by atoms with Crippen LogP contribution in [0.4, 0.5) is 0 Å². The molecular formula is C19H17N3O3S. The first-order valence-corrected chi connectivity index (χ1v) is 9.01. The van der Waals surface area contributed by atoms with Crippen molar-refractivity contribution < 1.29 is 14.8 Å². The van der Waals surface area contributed by atoms with Gasteiger partial charge in [-0.2, -0.15) is 0 Å². The van der Waals surface area contributed by atoms with Crippen LogP contribution < -0.4 is 5.48 Å². The van der Waals surface area contributed by atoms with Crippen molar-refractivity contribution in [2.75, 3.05) is 13.6 Å². The normalized spacial score (nSPS) is 13.8. The number of aromatic nitrogens is 1. The molecule has 0 fully saturated rings. The number of rotatable bonds is 3. The monoisotopic (exact) mass is 367 g/mol. The Morgan fingerprint density at radius 1 is 1.12 bits per heavy atom. The van der Waals surface area contributed by atoms with Crippen LogP contribution in [0.3, 0.4) is 0 Å². The molecule has 4 rings (SSSR count). The van der Waals surface area contributed by atoms with Crippen LogP contribution in [-0.2, 0) is 6.54 Å². The van der Waals surface area contributed by atoms with Crippen molar-refractivity contribution in [1.29, 1.82) is 0 Å². The van der Waals surface area contributed by atoms with Gasteiger partial charge in [0.05, 0.1) is 4.90 Å². The number of hydrogen-bond acceptors (Lipinski definition) is 4. The lowest BCUT2D eigenvalue weighted by Gasteiger charge is -2.25. The van der Waals surface area contributed by atoms with Gasteiger partial charge in [0.1, 0.15) is 5.69 Å². The summed E-state index contributed by atoms with van der Waals surface area (Å²) in [5.74, 6) is -0.531. The molecule has 2 amide bonds. The molecule has 2 aromatic carbocycles. The number of para-hydroxylation sites is 1. The molecule has 0 saturated heterocycles. The third kappa shape index (κ3) is 2.65. The van der Waals surface area contributed by atoms with Crippen molar-refractivity contribution in [2.45, 2.75) is 16.3 Å². The fourth-order valence-electron chi connectivity index (χ4n) is 3.21. The number of hydrogen-bond donors (Lipinski definition) is 2. The van der Waals surface area contributed by atoms with E-state index in [1.54, 1.807) is 22.5 Å². The molecule has 0 saturated carbocycles. The Morgan fingerprint density at radius 2 is 1.85 bits per heavy atom. The zero-order valence-electron chi connectivity index (χ0n) is 14.1. The number of fused-ring (bicyclic) bond motifs is 3. The van der Waals surface area contributed by atoms with Crippen LogP contribution in [0.1, 0.15) is 20.8 Å². The molecule has 7 heteroatoms. The second kappa shape index (κ2) is 6.51. The largest absolute Gasteiger partial charge is 0.339 e. The van der Waals surface area contributed by atoms with E-state index in [2.05, 4.69) is 4.57 Å². The van der Waals surface area contributed by atoms with Gasteiger partial charge >= 0.3 is 0 Å². The summed E-state index contributed by atoms with van der Waals surface area (Å²) in [6.07, 6.45) is 0. The summed E-state index contributed by atoms with van der Waals surface area (Å²) in [5.41, 5.74) is 3.76. The van der Waals surface area contributed by atoms with E-state index in [1.807, 2.05) is 43.4 Å². The highest BCUT2D eigenvalue weighted by molar-refractivity contribution is 7.99. The molecule has 0 aliphatic carbocycles. The zero-order chi connectivity index (χ0) is 18.3. The lowest BCUT2D eigenvalue weighted by atomic mass is 10.2. The average molecular weight is 367 g/mol. The smallest absolute Gasteiger partial charge is 0.274 e. The van der Waals surface area contributed by atoms with Crippen LogP contribution in [-0.4, -0.2) is 40.1 Å². The molecule has 0 bridgehead atoms. The van der Waals surface area contributed by atoms with E-state index in [1.165, 1.54) is 11.8 Å². The standard InChI is InChI=1S/C19H17N3O3S/c1-21-10-11-22-15-5-3-2-4-14(15)17(16(22)19(21)24)26-13-8-6-12(7-9-13)18(23)20-25/h2-9,25H,10-11H2,1H3,(H,20,23). The summed E-state index contributed by atoms with van der Waals surface area (Å²) in [7, 11) is 1.82. The second-order valence-electron chi connectivity index (χ2n) is 6.14. The molecule has 132 valence electrons. The molecule has 3 aromatic rings. The van der Waals surface area contributed by atoms with Gasteiger partial charge in [-0.15, -0.1) is 0 Å². The van der Waals surface area contributed by atoms with Gasteiger partial charge in [0.25, 0.3) is 11.8 Å². The first kappa shape index (κ1) is 16.7. The summed E-state index contributed by atoms with van der Waals surface area (Å²) in [6, 6.07) is 14.9. The Morgan fingerprint density at radius 3 is 2.58 bits per heavy atom. The summed E-state index contributed by atoms with van der Waals surface area (Å²) in [6.45, 7) is 1.47. The molecule has 1 aliphatic rings. The van der Waals surface area contributed by atoms with Gasteiger partial charge < -0.3 is 9.47 Å². The third-order valence-corrected chi connectivity index (χ3v) is 5.70. The maximum Gasteiger partial charge on any atom is 0.274 e. The van der Waals surface area contributed by atoms with E-state index < -0.39 is 5.91 Å². The topological polar surface area (TPSA) is 74.6 Å². The van der Waals surface area contributed by atoms with Crippen LogP contribution in [0.2, 0.25) is 0 Å². The molecule has 0 spiro atoms. The van der Waals surface area contributed by atoms with E-state index in [0.29, 0.717) is 17.8 Å². The molecule has 1 aromatic heterocycles. The van der Waals surface area contributed by atoms with Crippen LogP contribution >= 0.6 is 11.8 Å². The van der Waals surface area contributed by atoms with E-state index in [0.717, 1.165) is 27.2 Å². The zero-order valence-corrected chi connectivity index (χ0v) is 14.9. The maximum absolute atomic E-state index is 12.8. The predicted octanol–water partition coefficient (Wildman–Crippen LogP) is 3.00. The van der Waals surface area contributed by atoms with Gasteiger partial charge in [-0.05, 0) is 30.3 Å². The van der Waals surface area contributed by atoms with Crippen molar-refractivity contribution in [3.8, 4) is 0 Å². The maximum atomic E-state index is 12.8. The first-order chi connectivity index (χ1) is 12.6. The van der Waals surface area contributed by atoms with Gasteiger partial charge in [-0.25, -0.2) is 5.48 Å². The minimum atomic E-state index is -0.551. The summed E-state index contributed by atoms with van der Waals surface area (Å²) >= 11 is 1.51. The Bertz CT molecular complexity index is 1010. The molecule has 2 N–H and O–H groups in total. The van der Waals surface area contributed by atoms with Crippen LogP contribution in [0.5, 0.6) is 0 Å². The molecule has 1 aliphatic heterocycles. The van der Waals surface area contributed by atoms with E-state index in [4.69, 9.17) is 5.21 Å². The SMILES string of the molecule is CN1CCn2c(c(Sc3ccc(C(=O)NO)cc3)c3ccccc32)C1=O. The fourth-order valence-corrected chi connectivity index (χ4v) is 4.29. The molecule has 2 heterocycles. The Balaban J connectivity index is 1.79. The Kier molecular flexibility index (Phi) is 4.18. The highest BCUT2D eigenvalue weighted by Gasteiger charge is 2.29.